The predicted octanol–water partition coefficient (Wildman–Crippen LogP) is -0.112. The minimum atomic E-state index is 0.0531. The van der Waals surface area contributed by atoms with Crippen molar-refractivity contribution in [3.63, 3.8) is 0 Å². The van der Waals surface area contributed by atoms with Crippen molar-refractivity contribution in [2.24, 2.45) is 5.92 Å². The summed E-state index contributed by atoms with van der Waals surface area (Å²) in [6.45, 7) is 5.67. The third kappa shape index (κ3) is 1.91. The van der Waals surface area contributed by atoms with Gasteiger partial charge in [0, 0.05) is 19.1 Å². The quantitative estimate of drug-likeness (QED) is 0.651. The molecule has 2 bridgehead atoms. The van der Waals surface area contributed by atoms with Gasteiger partial charge in [0.15, 0.2) is 0 Å². The highest BCUT2D eigenvalue weighted by Gasteiger charge is 2.41. The molecule has 2 fully saturated rings. The summed E-state index contributed by atoms with van der Waals surface area (Å²) < 4.78 is 5.69. The van der Waals surface area contributed by atoms with Crippen LogP contribution in [-0.2, 0) is 9.53 Å². The number of amides is 1. The maximum atomic E-state index is 11.8. The van der Waals surface area contributed by atoms with Crippen LogP contribution in [0.1, 0.15) is 20.3 Å². The van der Waals surface area contributed by atoms with Gasteiger partial charge in [0.25, 0.3) is 0 Å². The molecule has 1 amide bonds. The van der Waals surface area contributed by atoms with Gasteiger partial charge >= 0.3 is 0 Å². The van der Waals surface area contributed by atoms with Gasteiger partial charge in [-0.05, 0) is 20.3 Å². The second kappa shape index (κ2) is 3.87. The fourth-order valence-electron chi connectivity index (χ4n) is 2.21. The number of rotatable bonds is 2. The fourth-order valence-corrected chi connectivity index (χ4v) is 2.21. The van der Waals surface area contributed by atoms with Gasteiger partial charge in [-0.15, -0.1) is 0 Å². The number of carbonyl (C=O) groups excluding carboxylic acids is 1. The molecule has 0 unspecified atom stereocenters. The molecule has 0 aliphatic carbocycles. The summed E-state index contributed by atoms with van der Waals surface area (Å²) in [7, 11) is 0. The minimum Gasteiger partial charge on any atom is -0.371 e. The summed E-state index contributed by atoms with van der Waals surface area (Å²) in [4.78, 5) is 11.8. The molecular formula is C10H18N2O2. The van der Waals surface area contributed by atoms with E-state index in [-0.39, 0.29) is 30.1 Å². The lowest BCUT2D eigenvalue weighted by Gasteiger charge is -2.23. The van der Waals surface area contributed by atoms with Crippen molar-refractivity contribution >= 4 is 5.91 Å². The van der Waals surface area contributed by atoms with Gasteiger partial charge in [0.2, 0.25) is 5.91 Å². The van der Waals surface area contributed by atoms with E-state index < -0.39 is 0 Å². The lowest BCUT2D eigenvalue weighted by atomic mass is 9.99. The van der Waals surface area contributed by atoms with E-state index in [1.165, 1.54) is 0 Å². The Kier molecular flexibility index (Phi) is 2.74. The number of fused-ring (bicyclic) bond motifs is 2. The van der Waals surface area contributed by atoms with Crippen molar-refractivity contribution in [2.45, 2.75) is 38.5 Å². The second-order valence-electron chi connectivity index (χ2n) is 4.46. The molecule has 3 atom stereocenters. The van der Waals surface area contributed by atoms with Crippen molar-refractivity contribution in [1.82, 2.24) is 10.6 Å². The van der Waals surface area contributed by atoms with Crippen LogP contribution < -0.4 is 10.6 Å². The average Bonchev–Trinajstić information content (AvgIpc) is 2.40. The summed E-state index contributed by atoms with van der Waals surface area (Å²) in [6, 6.07) is 0.218. The van der Waals surface area contributed by atoms with Crippen molar-refractivity contribution in [3.05, 3.63) is 0 Å². The van der Waals surface area contributed by atoms with Gasteiger partial charge in [0.05, 0.1) is 18.1 Å². The molecule has 2 N–H and O–H groups in total. The van der Waals surface area contributed by atoms with Gasteiger partial charge in [-0.1, -0.05) is 0 Å². The minimum absolute atomic E-state index is 0.0531. The van der Waals surface area contributed by atoms with E-state index in [4.69, 9.17) is 4.74 Å². The van der Waals surface area contributed by atoms with Crippen LogP contribution in [0.3, 0.4) is 0 Å². The maximum absolute atomic E-state index is 11.8. The molecule has 2 aliphatic rings. The summed E-state index contributed by atoms with van der Waals surface area (Å²) in [6.07, 6.45) is 1.21. The monoisotopic (exact) mass is 198 g/mol. The molecule has 2 rings (SSSR count). The van der Waals surface area contributed by atoms with E-state index in [1.54, 1.807) is 0 Å². The lowest BCUT2D eigenvalue weighted by molar-refractivity contribution is -0.127. The Labute approximate surface area is 84.4 Å². The smallest absolute Gasteiger partial charge is 0.226 e. The SMILES string of the molecule is CC(C)NC(=O)[C@H]1C[C@@H]2CNC[C@H]1O2. The molecule has 0 aromatic heterocycles. The standard InChI is InChI=1S/C10H18N2O2/c1-6(2)12-10(13)8-3-7-4-11-5-9(8)14-7/h6-9,11H,3-5H2,1-2H3,(H,12,13)/t7-,8+,9-/m1/s1. The van der Waals surface area contributed by atoms with Crippen LogP contribution >= 0.6 is 0 Å². The first-order valence-corrected chi connectivity index (χ1v) is 5.33. The van der Waals surface area contributed by atoms with Crippen molar-refractivity contribution in [1.29, 1.82) is 0 Å². The Morgan fingerprint density at radius 1 is 1.50 bits per heavy atom. The Morgan fingerprint density at radius 3 is 2.93 bits per heavy atom. The second-order valence-corrected chi connectivity index (χ2v) is 4.46. The van der Waals surface area contributed by atoms with Gasteiger partial charge in [-0.3, -0.25) is 4.79 Å². The van der Waals surface area contributed by atoms with Crippen LogP contribution in [-0.4, -0.2) is 37.2 Å². The molecule has 2 heterocycles. The van der Waals surface area contributed by atoms with Crippen LogP contribution in [0.4, 0.5) is 0 Å². The molecule has 2 saturated heterocycles. The fraction of sp³-hybridized carbons (Fsp3) is 0.900. The van der Waals surface area contributed by atoms with Crippen LogP contribution in [0, 0.1) is 5.92 Å². The molecule has 4 nitrogen and oxygen atoms in total. The van der Waals surface area contributed by atoms with Crippen molar-refractivity contribution in [3.8, 4) is 0 Å². The number of nitrogens with one attached hydrogen (secondary N) is 2. The Hall–Kier alpha value is -0.610. The molecule has 0 radical (unpaired) electrons. The first kappa shape index (κ1) is 9.93. The molecule has 14 heavy (non-hydrogen) atoms. The van der Waals surface area contributed by atoms with Gasteiger partial charge in [-0.25, -0.2) is 0 Å². The van der Waals surface area contributed by atoms with Gasteiger partial charge in [0.1, 0.15) is 0 Å². The molecule has 0 aromatic carbocycles. The highest BCUT2D eigenvalue weighted by atomic mass is 16.5. The number of carbonyl (C=O) groups is 1. The van der Waals surface area contributed by atoms with Gasteiger partial charge < -0.3 is 15.4 Å². The molecule has 2 aliphatic heterocycles. The van der Waals surface area contributed by atoms with E-state index >= 15 is 0 Å². The Bertz CT molecular complexity index is 230. The first-order valence-electron chi connectivity index (χ1n) is 5.33. The average molecular weight is 198 g/mol. The van der Waals surface area contributed by atoms with Crippen LogP contribution in [0.2, 0.25) is 0 Å². The normalized spacial score (nSPS) is 36.1. The lowest BCUT2D eigenvalue weighted by Crippen LogP contribution is -2.43. The highest BCUT2D eigenvalue weighted by Crippen LogP contribution is 2.28. The Morgan fingerprint density at radius 2 is 2.29 bits per heavy atom. The van der Waals surface area contributed by atoms with E-state index in [9.17, 15) is 4.79 Å². The Balaban J connectivity index is 1.94. The molecule has 0 saturated carbocycles. The number of hydrogen-bond acceptors (Lipinski definition) is 3. The van der Waals surface area contributed by atoms with E-state index in [2.05, 4.69) is 10.6 Å². The van der Waals surface area contributed by atoms with E-state index in [0.717, 1.165) is 19.5 Å². The van der Waals surface area contributed by atoms with Crippen LogP contribution in [0.15, 0.2) is 0 Å². The largest absolute Gasteiger partial charge is 0.371 e. The van der Waals surface area contributed by atoms with E-state index in [1.807, 2.05) is 13.8 Å². The third-order valence-corrected chi connectivity index (χ3v) is 2.82. The molecule has 0 aromatic rings. The number of morpholine rings is 1. The molecule has 4 heteroatoms. The van der Waals surface area contributed by atoms with Crippen molar-refractivity contribution in [2.75, 3.05) is 13.1 Å². The molecule has 0 spiro atoms. The highest BCUT2D eigenvalue weighted by molar-refractivity contribution is 5.80. The summed E-state index contributed by atoms with van der Waals surface area (Å²) in [5, 5.41) is 6.23. The summed E-state index contributed by atoms with van der Waals surface area (Å²) >= 11 is 0. The zero-order valence-electron chi connectivity index (χ0n) is 8.75. The zero-order valence-corrected chi connectivity index (χ0v) is 8.75. The first-order chi connectivity index (χ1) is 6.66. The van der Waals surface area contributed by atoms with Crippen LogP contribution in [0.5, 0.6) is 0 Å². The summed E-state index contributed by atoms with van der Waals surface area (Å²) in [5.41, 5.74) is 0. The topological polar surface area (TPSA) is 50.4 Å². The number of hydrogen-bond donors (Lipinski definition) is 2. The van der Waals surface area contributed by atoms with Gasteiger partial charge in [-0.2, -0.15) is 0 Å². The molecular weight excluding hydrogens is 180 g/mol. The summed E-state index contributed by atoms with van der Waals surface area (Å²) in [5.74, 6) is 0.202. The maximum Gasteiger partial charge on any atom is 0.226 e. The predicted molar refractivity (Wildman–Crippen MR) is 52.9 cm³/mol. The molecule has 80 valence electrons. The third-order valence-electron chi connectivity index (χ3n) is 2.82. The number of ether oxygens (including phenoxy) is 1. The van der Waals surface area contributed by atoms with E-state index in [0.29, 0.717) is 0 Å². The van der Waals surface area contributed by atoms with Crippen LogP contribution in [0.25, 0.3) is 0 Å². The van der Waals surface area contributed by atoms with Crippen molar-refractivity contribution < 1.29 is 9.53 Å². The zero-order chi connectivity index (χ0) is 10.1.